The summed E-state index contributed by atoms with van der Waals surface area (Å²) in [6, 6.07) is 1.72. The average molecular weight is 630 g/mol. The van der Waals surface area contributed by atoms with Gasteiger partial charge in [-0.3, -0.25) is 9.48 Å². The largest absolute Gasteiger partial charge is 0.414 e. The van der Waals surface area contributed by atoms with E-state index in [4.69, 9.17) is 4.74 Å². The van der Waals surface area contributed by atoms with E-state index in [9.17, 15) is 35.9 Å². The Morgan fingerprint density at radius 2 is 1.80 bits per heavy atom. The van der Waals surface area contributed by atoms with Crippen LogP contribution in [0.15, 0.2) is 30.5 Å². The third kappa shape index (κ3) is 6.49. The van der Waals surface area contributed by atoms with Gasteiger partial charge < -0.3 is 25.3 Å². The van der Waals surface area contributed by atoms with E-state index in [-0.39, 0.29) is 23.5 Å². The van der Waals surface area contributed by atoms with Gasteiger partial charge in [0.05, 0.1) is 29.7 Å². The number of aromatic amines is 1. The maximum Gasteiger partial charge on any atom is 0.414 e. The molecule has 3 heterocycles. The third-order valence-electron chi connectivity index (χ3n) is 7.93. The number of urea groups is 1. The summed E-state index contributed by atoms with van der Waals surface area (Å²) < 4.78 is 86.9. The van der Waals surface area contributed by atoms with Gasteiger partial charge in [-0.05, 0) is 70.2 Å². The van der Waals surface area contributed by atoms with Crippen molar-refractivity contribution in [2.24, 2.45) is 5.92 Å². The second-order valence-corrected chi connectivity index (χ2v) is 11.6. The lowest BCUT2D eigenvalue weighted by Crippen LogP contribution is -2.41. The van der Waals surface area contributed by atoms with Crippen LogP contribution < -0.4 is 10.6 Å². The van der Waals surface area contributed by atoms with Crippen molar-refractivity contribution in [2.75, 3.05) is 6.54 Å². The lowest BCUT2D eigenvalue weighted by molar-refractivity contribution is -0.227. The van der Waals surface area contributed by atoms with E-state index >= 15 is 0 Å². The first-order valence-electron chi connectivity index (χ1n) is 14.2. The van der Waals surface area contributed by atoms with Gasteiger partial charge in [0.15, 0.2) is 6.10 Å². The molecule has 5 rings (SSSR count). The van der Waals surface area contributed by atoms with E-state index in [1.807, 2.05) is 19.2 Å². The molecule has 1 saturated carbocycles. The van der Waals surface area contributed by atoms with Gasteiger partial charge in [0.25, 0.3) is 5.91 Å². The number of H-pyrrole nitrogens is 1. The Morgan fingerprint density at radius 1 is 1.09 bits per heavy atom. The Labute approximate surface area is 248 Å². The molecule has 240 valence electrons. The molecule has 3 amide bonds. The van der Waals surface area contributed by atoms with Gasteiger partial charge in [-0.25, -0.2) is 9.78 Å². The van der Waals surface area contributed by atoms with Crippen molar-refractivity contribution in [2.45, 2.75) is 89.3 Å². The number of amides is 3. The second kappa shape index (κ2) is 11.6. The van der Waals surface area contributed by atoms with Crippen LogP contribution in [-0.4, -0.2) is 73.7 Å². The Kier molecular flexibility index (Phi) is 8.33. The lowest BCUT2D eigenvalue weighted by atomic mass is 10.00. The molecular formula is C28H33F6N7O3. The van der Waals surface area contributed by atoms with Gasteiger partial charge in [-0.1, -0.05) is 6.07 Å². The van der Waals surface area contributed by atoms with E-state index in [1.165, 1.54) is 28.8 Å². The van der Waals surface area contributed by atoms with Gasteiger partial charge in [-0.2, -0.15) is 31.4 Å². The minimum Gasteiger partial charge on any atom is -0.364 e. The number of carbonyl (C=O) groups is 2. The van der Waals surface area contributed by atoms with Crippen LogP contribution in [0.1, 0.15) is 80.5 Å². The molecule has 1 aromatic carbocycles. The van der Waals surface area contributed by atoms with Crippen molar-refractivity contribution in [3.8, 4) is 0 Å². The van der Waals surface area contributed by atoms with Crippen LogP contribution in [0.5, 0.6) is 0 Å². The molecule has 0 bridgehead atoms. The first-order chi connectivity index (χ1) is 20.5. The number of imidazole rings is 1. The van der Waals surface area contributed by atoms with Crippen LogP contribution >= 0.6 is 0 Å². The van der Waals surface area contributed by atoms with Gasteiger partial charge in [0.1, 0.15) is 23.6 Å². The summed E-state index contributed by atoms with van der Waals surface area (Å²) >= 11 is 0. The lowest BCUT2D eigenvalue weighted by Gasteiger charge is -2.28. The molecule has 3 aromatic rings. The summed E-state index contributed by atoms with van der Waals surface area (Å²) in [5, 5.41) is 8.88. The SMILES string of the molecule is CC(C)n1nccc1C(=O)NC(c1nc2ccc([C@@H](C3CC3)N3C[C@@H](C(F)(F)F)NC3=O)cc2[nH]1)[C@@H](C)O[C@@H](C)C(F)(F)F. The van der Waals surface area contributed by atoms with Crippen LogP contribution in [0.2, 0.25) is 0 Å². The molecule has 1 saturated heterocycles. The quantitative estimate of drug-likeness (QED) is 0.254. The number of benzene rings is 1. The molecule has 2 aromatic heterocycles. The Hall–Kier alpha value is -3.82. The zero-order chi connectivity index (χ0) is 32.1. The maximum absolute atomic E-state index is 13.4. The number of nitrogens with zero attached hydrogens (tertiary/aromatic N) is 4. The van der Waals surface area contributed by atoms with Crippen molar-refractivity contribution in [3.63, 3.8) is 0 Å². The highest BCUT2D eigenvalue weighted by molar-refractivity contribution is 5.93. The Morgan fingerprint density at radius 3 is 2.39 bits per heavy atom. The minimum atomic E-state index is -4.65. The molecule has 1 aliphatic heterocycles. The van der Waals surface area contributed by atoms with E-state index in [1.54, 1.807) is 18.2 Å². The molecule has 2 fully saturated rings. The minimum absolute atomic E-state index is 0.0253. The fourth-order valence-corrected chi connectivity index (χ4v) is 5.49. The number of ether oxygens (including phenoxy) is 1. The van der Waals surface area contributed by atoms with Crippen molar-refractivity contribution in [1.82, 2.24) is 35.3 Å². The zero-order valence-electron chi connectivity index (χ0n) is 24.3. The molecule has 2 aliphatic rings. The fraction of sp³-hybridized carbons (Fsp3) is 0.571. The normalized spacial score (nSPS) is 20.6. The molecule has 1 aliphatic carbocycles. The van der Waals surface area contributed by atoms with Gasteiger partial charge in [-0.15, -0.1) is 0 Å². The van der Waals surface area contributed by atoms with Crippen LogP contribution in [0.25, 0.3) is 11.0 Å². The van der Waals surface area contributed by atoms with Gasteiger partial charge >= 0.3 is 18.4 Å². The number of aromatic nitrogens is 4. The summed E-state index contributed by atoms with van der Waals surface area (Å²) in [7, 11) is 0. The molecule has 1 unspecified atom stereocenters. The van der Waals surface area contributed by atoms with Crippen molar-refractivity contribution in [3.05, 3.63) is 47.5 Å². The number of alkyl halides is 6. The van der Waals surface area contributed by atoms with E-state index < -0.39 is 61.2 Å². The molecule has 44 heavy (non-hydrogen) atoms. The molecule has 10 nitrogen and oxygen atoms in total. The summed E-state index contributed by atoms with van der Waals surface area (Å²) in [4.78, 5) is 34.7. The highest BCUT2D eigenvalue weighted by atomic mass is 19.4. The monoisotopic (exact) mass is 629 g/mol. The molecule has 3 N–H and O–H groups in total. The number of hydrogen-bond donors (Lipinski definition) is 3. The number of nitrogens with one attached hydrogen (secondary N) is 3. The Balaban J connectivity index is 1.46. The number of carbonyl (C=O) groups excluding carboxylic acids is 2. The highest BCUT2D eigenvalue weighted by Gasteiger charge is 2.51. The first-order valence-corrected chi connectivity index (χ1v) is 14.2. The van der Waals surface area contributed by atoms with Crippen molar-refractivity contribution >= 4 is 23.0 Å². The predicted octanol–water partition coefficient (Wildman–Crippen LogP) is 5.57. The Bertz CT molecular complexity index is 1510. The predicted molar refractivity (Wildman–Crippen MR) is 146 cm³/mol. The standard InChI is InChI=1S/C28H33F6N7O3/c1-13(2)41-20(9-10-35-41)25(42)39-22(14(3)44-15(4)27(29,30)31)24-36-18-8-7-17(11-19(18)37-24)23(16-5-6-16)40-12-21(28(32,33)34)38-26(40)43/h7-11,13-16,21-23H,5-6,12H2,1-4H3,(H,36,37)(H,38,43)(H,39,42)/t14-,15+,21+,22?,23-/m1/s1. The van der Waals surface area contributed by atoms with E-state index in [0.717, 1.165) is 19.8 Å². The second-order valence-electron chi connectivity index (χ2n) is 11.6. The van der Waals surface area contributed by atoms with Gasteiger partial charge in [0, 0.05) is 12.2 Å². The molecule has 16 heteroatoms. The number of halogens is 6. The van der Waals surface area contributed by atoms with E-state index in [0.29, 0.717) is 16.6 Å². The molecule has 5 atom stereocenters. The molecule has 0 spiro atoms. The van der Waals surface area contributed by atoms with Crippen LogP contribution in [-0.2, 0) is 4.74 Å². The third-order valence-corrected chi connectivity index (χ3v) is 7.93. The summed E-state index contributed by atoms with van der Waals surface area (Å²) in [5.74, 6) is -0.518. The number of fused-ring (bicyclic) bond motifs is 1. The molecule has 0 radical (unpaired) electrons. The van der Waals surface area contributed by atoms with Gasteiger partial charge in [0.2, 0.25) is 0 Å². The topological polar surface area (TPSA) is 117 Å². The highest BCUT2D eigenvalue weighted by Crippen LogP contribution is 2.46. The fourth-order valence-electron chi connectivity index (χ4n) is 5.49. The molecular weight excluding hydrogens is 596 g/mol. The summed E-state index contributed by atoms with van der Waals surface area (Å²) in [6.07, 6.45) is -9.65. The van der Waals surface area contributed by atoms with Crippen molar-refractivity contribution in [1.29, 1.82) is 0 Å². The van der Waals surface area contributed by atoms with Crippen LogP contribution in [0, 0.1) is 5.92 Å². The number of rotatable bonds is 10. The van der Waals surface area contributed by atoms with Crippen LogP contribution in [0.4, 0.5) is 31.1 Å². The summed E-state index contributed by atoms with van der Waals surface area (Å²) in [6.45, 7) is 5.36. The zero-order valence-corrected chi connectivity index (χ0v) is 24.3. The number of hydrogen-bond acceptors (Lipinski definition) is 5. The maximum atomic E-state index is 13.4. The average Bonchev–Trinajstić information content (AvgIpc) is 3.30. The smallest absolute Gasteiger partial charge is 0.364 e. The van der Waals surface area contributed by atoms with Crippen molar-refractivity contribution < 1.29 is 40.7 Å². The van der Waals surface area contributed by atoms with Crippen LogP contribution in [0.3, 0.4) is 0 Å². The first kappa shape index (κ1) is 31.6. The summed E-state index contributed by atoms with van der Waals surface area (Å²) in [5.41, 5.74) is 1.61. The van der Waals surface area contributed by atoms with E-state index in [2.05, 4.69) is 20.4 Å².